The van der Waals surface area contributed by atoms with E-state index >= 15 is 0 Å². The molecule has 0 aliphatic carbocycles. The van der Waals surface area contributed by atoms with Crippen LogP contribution in [-0.2, 0) is 0 Å². The summed E-state index contributed by atoms with van der Waals surface area (Å²) in [4.78, 5) is 13.4. The number of anilines is 4. The summed E-state index contributed by atoms with van der Waals surface area (Å²) >= 11 is 0. The second kappa shape index (κ2) is 7.80. The molecule has 1 fully saturated rings. The first-order chi connectivity index (χ1) is 13.6. The van der Waals surface area contributed by atoms with Crippen LogP contribution in [0.15, 0.2) is 54.7 Å². The molecule has 7 heteroatoms. The molecule has 0 bridgehead atoms. The summed E-state index contributed by atoms with van der Waals surface area (Å²) in [6.07, 6.45) is 1.66. The first kappa shape index (κ1) is 18.2. The van der Waals surface area contributed by atoms with Crippen LogP contribution in [0, 0.1) is 18.6 Å². The van der Waals surface area contributed by atoms with Crippen molar-refractivity contribution in [2.75, 3.05) is 41.3 Å². The normalized spacial score (nSPS) is 14.2. The van der Waals surface area contributed by atoms with Gasteiger partial charge in [-0.25, -0.2) is 13.8 Å². The molecule has 1 aliphatic rings. The largest absolute Gasteiger partial charge is 0.368 e. The predicted molar refractivity (Wildman–Crippen MR) is 107 cm³/mol. The minimum atomic E-state index is -0.897. The van der Waals surface area contributed by atoms with Crippen LogP contribution in [-0.4, -0.2) is 36.1 Å². The van der Waals surface area contributed by atoms with Crippen LogP contribution in [0.4, 0.5) is 31.9 Å². The molecule has 1 saturated heterocycles. The lowest BCUT2D eigenvalue weighted by atomic mass is 10.2. The Morgan fingerprint density at radius 3 is 2.43 bits per heavy atom. The lowest BCUT2D eigenvalue weighted by molar-refractivity contribution is 0.509. The third-order valence-electron chi connectivity index (χ3n) is 4.76. The monoisotopic (exact) mass is 381 g/mol. The van der Waals surface area contributed by atoms with Crippen LogP contribution in [0.5, 0.6) is 0 Å². The molecule has 1 N–H and O–H groups in total. The molecule has 2 heterocycles. The minimum absolute atomic E-state index is 0.438. The van der Waals surface area contributed by atoms with Crippen molar-refractivity contribution >= 4 is 23.1 Å². The van der Waals surface area contributed by atoms with E-state index in [1.807, 2.05) is 0 Å². The Hall–Kier alpha value is -3.22. The molecule has 1 aromatic heterocycles. The number of rotatable bonds is 4. The molecular weight excluding hydrogens is 360 g/mol. The molecule has 144 valence electrons. The zero-order valence-corrected chi connectivity index (χ0v) is 15.6. The van der Waals surface area contributed by atoms with Gasteiger partial charge in [0.25, 0.3) is 0 Å². The Balaban J connectivity index is 1.43. The maximum atomic E-state index is 13.4. The van der Waals surface area contributed by atoms with Gasteiger partial charge >= 0.3 is 0 Å². The van der Waals surface area contributed by atoms with Gasteiger partial charge in [0.05, 0.1) is 0 Å². The summed E-state index contributed by atoms with van der Waals surface area (Å²) in [6, 6.07) is 13.9. The molecule has 0 radical (unpaired) electrons. The summed E-state index contributed by atoms with van der Waals surface area (Å²) < 4.78 is 26.5. The van der Waals surface area contributed by atoms with E-state index in [1.165, 1.54) is 17.3 Å². The first-order valence-corrected chi connectivity index (χ1v) is 9.20. The van der Waals surface area contributed by atoms with Gasteiger partial charge in [-0.05, 0) is 42.8 Å². The Morgan fingerprint density at radius 1 is 0.893 bits per heavy atom. The average Bonchev–Trinajstić information content (AvgIpc) is 2.71. The van der Waals surface area contributed by atoms with E-state index in [1.54, 1.807) is 12.3 Å². The quantitative estimate of drug-likeness (QED) is 0.736. The third-order valence-corrected chi connectivity index (χ3v) is 4.76. The standard InChI is InChI=1S/C21H21F2N5/c1-15-3-2-4-17(13-15)27-9-11-28(12-10-27)21-24-8-7-20(26-21)25-16-5-6-18(22)19(23)14-16/h2-8,13-14H,9-12H2,1H3,(H,24,25,26). The topological polar surface area (TPSA) is 44.3 Å². The Morgan fingerprint density at radius 2 is 1.68 bits per heavy atom. The smallest absolute Gasteiger partial charge is 0.227 e. The van der Waals surface area contributed by atoms with Crippen LogP contribution in [0.25, 0.3) is 0 Å². The highest BCUT2D eigenvalue weighted by Gasteiger charge is 2.19. The van der Waals surface area contributed by atoms with Crippen molar-refractivity contribution in [3.63, 3.8) is 0 Å². The fourth-order valence-electron chi connectivity index (χ4n) is 3.28. The number of aromatic nitrogens is 2. The molecule has 0 atom stereocenters. The van der Waals surface area contributed by atoms with Crippen LogP contribution in [0.2, 0.25) is 0 Å². The number of piperazine rings is 1. The van der Waals surface area contributed by atoms with Crippen LogP contribution in [0.3, 0.4) is 0 Å². The van der Waals surface area contributed by atoms with E-state index in [-0.39, 0.29) is 0 Å². The van der Waals surface area contributed by atoms with Gasteiger partial charge in [-0.1, -0.05) is 12.1 Å². The van der Waals surface area contributed by atoms with Gasteiger partial charge in [0, 0.05) is 49.8 Å². The zero-order chi connectivity index (χ0) is 19.5. The van der Waals surface area contributed by atoms with Gasteiger partial charge < -0.3 is 15.1 Å². The Labute approximate surface area is 162 Å². The molecule has 0 saturated carbocycles. The molecule has 5 nitrogen and oxygen atoms in total. The van der Waals surface area contributed by atoms with Crippen molar-refractivity contribution in [1.82, 2.24) is 9.97 Å². The van der Waals surface area contributed by atoms with Crippen molar-refractivity contribution in [2.45, 2.75) is 6.92 Å². The number of nitrogens with zero attached hydrogens (tertiary/aromatic N) is 4. The Bertz CT molecular complexity index is 971. The third kappa shape index (κ3) is 4.03. The van der Waals surface area contributed by atoms with Crippen LogP contribution in [0.1, 0.15) is 5.56 Å². The fraction of sp³-hybridized carbons (Fsp3) is 0.238. The SMILES string of the molecule is Cc1cccc(N2CCN(c3nccc(Nc4ccc(F)c(F)c4)n3)CC2)c1. The number of hydrogen-bond acceptors (Lipinski definition) is 5. The fourth-order valence-corrected chi connectivity index (χ4v) is 3.28. The lowest BCUT2D eigenvalue weighted by Crippen LogP contribution is -2.47. The second-order valence-electron chi connectivity index (χ2n) is 6.81. The van der Waals surface area contributed by atoms with Crippen LogP contribution < -0.4 is 15.1 Å². The van der Waals surface area contributed by atoms with Crippen molar-refractivity contribution in [2.24, 2.45) is 0 Å². The minimum Gasteiger partial charge on any atom is -0.368 e. The molecule has 28 heavy (non-hydrogen) atoms. The van der Waals surface area contributed by atoms with Gasteiger partial charge in [-0.15, -0.1) is 0 Å². The molecule has 4 rings (SSSR count). The van der Waals surface area contributed by atoms with Crippen molar-refractivity contribution in [3.8, 4) is 0 Å². The lowest BCUT2D eigenvalue weighted by Gasteiger charge is -2.36. The summed E-state index contributed by atoms with van der Waals surface area (Å²) in [6.45, 7) is 5.48. The zero-order valence-electron chi connectivity index (χ0n) is 15.6. The van der Waals surface area contributed by atoms with E-state index in [0.29, 0.717) is 17.5 Å². The maximum Gasteiger partial charge on any atom is 0.227 e. The molecular formula is C21H21F2N5. The first-order valence-electron chi connectivity index (χ1n) is 9.20. The molecule has 1 aliphatic heterocycles. The van der Waals surface area contributed by atoms with Gasteiger partial charge in [-0.3, -0.25) is 0 Å². The van der Waals surface area contributed by atoms with Gasteiger partial charge in [0.15, 0.2) is 11.6 Å². The molecule has 3 aromatic rings. The molecule has 0 amide bonds. The molecule has 0 spiro atoms. The van der Waals surface area contributed by atoms with Crippen LogP contribution >= 0.6 is 0 Å². The van der Waals surface area contributed by atoms with Gasteiger partial charge in [0.2, 0.25) is 5.95 Å². The summed E-state index contributed by atoms with van der Waals surface area (Å²) in [5, 5.41) is 3.00. The number of halogens is 2. The highest BCUT2D eigenvalue weighted by atomic mass is 19.2. The number of aryl methyl sites for hydroxylation is 1. The van der Waals surface area contributed by atoms with E-state index in [0.717, 1.165) is 38.3 Å². The Kier molecular flexibility index (Phi) is 5.06. The van der Waals surface area contributed by atoms with E-state index < -0.39 is 11.6 Å². The summed E-state index contributed by atoms with van der Waals surface area (Å²) in [5.41, 5.74) is 2.92. The van der Waals surface area contributed by atoms with Gasteiger partial charge in [0.1, 0.15) is 5.82 Å². The number of benzene rings is 2. The summed E-state index contributed by atoms with van der Waals surface area (Å²) in [7, 11) is 0. The van der Waals surface area contributed by atoms with Gasteiger partial charge in [-0.2, -0.15) is 4.98 Å². The highest BCUT2D eigenvalue weighted by Crippen LogP contribution is 2.22. The van der Waals surface area contributed by atoms with Crippen molar-refractivity contribution < 1.29 is 8.78 Å². The van der Waals surface area contributed by atoms with Crippen molar-refractivity contribution in [1.29, 1.82) is 0 Å². The molecule has 0 unspecified atom stereocenters. The predicted octanol–water partition coefficient (Wildman–Crippen LogP) is 4.13. The second-order valence-corrected chi connectivity index (χ2v) is 6.81. The highest BCUT2D eigenvalue weighted by molar-refractivity contribution is 5.57. The number of hydrogen-bond donors (Lipinski definition) is 1. The number of nitrogens with one attached hydrogen (secondary N) is 1. The average molecular weight is 381 g/mol. The summed E-state index contributed by atoms with van der Waals surface area (Å²) in [5.74, 6) is -0.611. The van der Waals surface area contributed by atoms with Crippen molar-refractivity contribution in [3.05, 3.63) is 71.9 Å². The molecule has 2 aromatic carbocycles. The van der Waals surface area contributed by atoms with E-state index in [4.69, 9.17) is 0 Å². The maximum absolute atomic E-state index is 13.4. The van der Waals surface area contributed by atoms with E-state index in [9.17, 15) is 8.78 Å². The van der Waals surface area contributed by atoms with E-state index in [2.05, 4.69) is 56.3 Å².